The SMILES string of the molecule is [2H]/C=C/C(C)(O)CCC=C(C)C. The van der Waals surface area contributed by atoms with Crippen molar-refractivity contribution < 1.29 is 6.48 Å². The van der Waals surface area contributed by atoms with Gasteiger partial charge in [0.1, 0.15) is 0 Å². The summed E-state index contributed by atoms with van der Waals surface area (Å²) < 4.78 is 6.82. The first-order chi connectivity index (χ1) is 5.48. The van der Waals surface area contributed by atoms with Gasteiger partial charge in [0.15, 0.2) is 0 Å². The molecule has 0 spiro atoms. The topological polar surface area (TPSA) is 20.2 Å². The van der Waals surface area contributed by atoms with Crippen LogP contribution in [0.25, 0.3) is 0 Å². The average Bonchev–Trinajstić information content (AvgIpc) is 1.85. The molecule has 0 saturated heterocycles. The lowest BCUT2D eigenvalue weighted by atomic mass is 10.00. The molecule has 11 heavy (non-hydrogen) atoms. The monoisotopic (exact) mass is 155 g/mol. The number of hydrogen-bond donors (Lipinski definition) is 1. The van der Waals surface area contributed by atoms with Crippen molar-refractivity contribution in [3.8, 4) is 0 Å². The van der Waals surface area contributed by atoms with Crippen LogP contribution in [0, 0.1) is 0 Å². The zero-order chi connectivity index (χ0) is 9.61. The second-order valence-electron chi connectivity index (χ2n) is 3.34. The summed E-state index contributed by atoms with van der Waals surface area (Å²) >= 11 is 0. The highest BCUT2D eigenvalue weighted by atomic mass is 16.3. The van der Waals surface area contributed by atoms with E-state index in [0.29, 0.717) is 6.42 Å². The molecule has 0 aromatic carbocycles. The maximum atomic E-state index is 9.59. The molecule has 1 N–H and O–H groups in total. The minimum Gasteiger partial charge on any atom is -0.386 e. The summed E-state index contributed by atoms with van der Waals surface area (Å²) in [7, 11) is 0. The third-order valence-corrected chi connectivity index (χ3v) is 1.56. The van der Waals surface area contributed by atoms with Crippen molar-refractivity contribution in [2.45, 2.75) is 39.2 Å². The van der Waals surface area contributed by atoms with Gasteiger partial charge in [0.25, 0.3) is 0 Å². The quantitative estimate of drug-likeness (QED) is 0.619. The van der Waals surface area contributed by atoms with Gasteiger partial charge in [-0.2, -0.15) is 0 Å². The standard InChI is InChI=1S/C10H18O/c1-5-10(4,11)8-6-7-9(2)3/h5,7,11H,1,6,8H2,2-4H3/i1D/b5-1+. The van der Waals surface area contributed by atoms with Gasteiger partial charge in [-0.05, 0) is 33.6 Å². The Kier molecular flexibility index (Phi) is 3.37. The molecule has 0 aromatic heterocycles. The van der Waals surface area contributed by atoms with Crippen molar-refractivity contribution in [3.05, 3.63) is 24.3 Å². The van der Waals surface area contributed by atoms with Crippen LogP contribution in [0.15, 0.2) is 24.3 Å². The van der Waals surface area contributed by atoms with Crippen molar-refractivity contribution in [3.63, 3.8) is 0 Å². The maximum absolute atomic E-state index is 9.59. The number of rotatable bonds is 4. The Bertz CT molecular complexity index is 176. The van der Waals surface area contributed by atoms with Gasteiger partial charge < -0.3 is 5.11 Å². The van der Waals surface area contributed by atoms with Crippen LogP contribution in [0.3, 0.4) is 0 Å². The summed E-state index contributed by atoms with van der Waals surface area (Å²) in [5.74, 6) is 0. The molecule has 0 saturated carbocycles. The van der Waals surface area contributed by atoms with Gasteiger partial charge >= 0.3 is 0 Å². The summed E-state index contributed by atoms with van der Waals surface area (Å²) in [4.78, 5) is 0. The van der Waals surface area contributed by atoms with E-state index < -0.39 is 5.60 Å². The minimum atomic E-state index is -0.826. The van der Waals surface area contributed by atoms with Crippen LogP contribution in [0.1, 0.15) is 35.0 Å². The van der Waals surface area contributed by atoms with Crippen LogP contribution in [0.4, 0.5) is 0 Å². The molecule has 0 fully saturated rings. The fraction of sp³-hybridized carbons (Fsp3) is 0.600. The summed E-state index contributed by atoms with van der Waals surface area (Å²) in [6.45, 7) is 6.93. The first-order valence-corrected chi connectivity index (χ1v) is 3.90. The van der Waals surface area contributed by atoms with E-state index in [2.05, 4.69) is 6.08 Å². The molecule has 0 bridgehead atoms. The predicted molar refractivity (Wildman–Crippen MR) is 49.5 cm³/mol. The Morgan fingerprint density at radius 2 is 2.36 bits per heavy atom. The third kappa shape index (κ3) is 5.86. The van der Waals surface area contributed by atoms with Gasteiger partial charge in [0.2, 0.25) is 0 Å². The molecule has 64 valence electrons. The van der Waals surface area contributed by atoms with Crippen molar-refractivity contribution in [2.75, 3.05) is 0 Å². The second kappa shape index (κ2) is 4.35. The molecule has 0 aliphatic heterocycles. The van der Waals surface area contributed by atoms with Crippen LogP contribution < -0.4 is 0 Å². The number of allylic oxidation sites excluding steroid dienone is 2. The van der Waals surface area contributed by atoms with Crippen LogP contribution in [0.2, 0.25) is 0 Å². The van der Waals surface area contributed by atoms with Crippen LogP contribution in [-0.4, -0.2) is 10.7 Å². The van der Waals surface area contributed by atoms with Crippen LogP contribution in [0.5, 0.6) is 0 Å². The Morgan fingerprint density at radius 1 is 1.73 bits per heavy atom. The Balaban J connectivity index is 3.84. The smallest absolute Gasteiger partial charge is 0.0800 e. The molecule has 0 aliphatic carbocycles. The highest BCUT2D eigenvalue weighted by Gasteiger charge is 2.12. The van der Waals surface area contributed by atoms with E-state index in [1.54, 1.807) is 6.92 Å². The van der Waals surface area contributed by atoms with E-state index in [1.807, 2.05) is 13.8 Å². The molecule has 1 unspecified atom stereocenters. The Hall–Kier alpha value is -0.560. The molecule has 0 amide bonds. The van der Waals surface area contributed by atoms with Gasteiger partial charge in [-0.3, -0.25) is 0 Å². The van der Waals surface area contributed by atoms with Gasteiger partial charge in [-0.15, -0.1) is 6.55 Å². The van der Waals surface area contributed by atoms with Gasteiger partial charge in [-0.25, -0.2) is 0 Å². The van der Waals surface area contributed by atoms with Crippen molar-refractivity contribution in [2.24, 2.45) is 0 Å². The molecular weight excluding hydrogens is 136 g/mol. The zero-order valence-corrected chi connectivity index (χ0v) is 7.59. The fourth-order valence-corrected chi connectivity index (χ4v) is 0.736. The van der Waals surface area contributed by atoms with E-state index in [-0.39, 0.29) is 0 Å². The highest BCUT2D eigenvalue weighted by Crippen LogP contribution is 2.13. The van der Waals surface area contributed by atoms with Gasteiger partial charge in [-0.1, -0.05) is 17.7 Å². The predicted octanol–water partition coefficient (Wildman–Crippen LogP) is 2.67. The highest BCUT2D eigenvalue weighted by molar-refractivity contribution is 4.97. The molecule has 1 nitrogen and oxygen atoms in total. The number of aliphatic hydroxyl groups is 1. The van der Waals surface area contributed by atoms with Crippen molar-refractivity contribution in [1.82, 2.24) is 0 Å². The lowest BCUT2D eigenvalue weighted by Crippen LogP contribution is -2.19. The van der Waals surface area contributed by atoms with Crippen molar-refractivity contribution in [1.29, 1.82) is 0 Å². The Labute approximate surface area is 70.8 Å². The summed E-state index contributed by atoms with van der Waals surface area (Å²) in [5, 5.41) is 9.59. The normalized spacial score (nSPS) is 17.6. The summed E-state index contributed by atoms with van der Waals surface area (Å²) in [6.07, 6.45) is 5.13. The van der Waals surface area contributed by atoms with E-state index >= 15 is 0 Å². The summed E-state index contributed by atoms with van der Waals surface area (Å²) in [6, 6.07) is 0. The third-order valence-electron chi connectivity index (χ3n) is 1.56. The molecule has 0 heterocycles. The molecular formula is C10H18O. The van der Waals surface area contributed by atoms with Gasteiger partial charge in [0.05, 0.1) is 6.97 Å². The fourth-order valence-electron chi connectivity index (χ4n) is 0.736. The molecule has 0 rings (SSSR count). The molecule has 0 aliphatic rings. The van der Waals surface area contributed by atoms with E-state index in [1.165, 1.54) is 11.6 Å². The minimum absolute atomic E-state index is 0.674. The van der Waals surface area contributed by atoms with E-state index in [9.17, 15) is 5.11 Å². The first kappa shape index (κ1) is 8.54. The largest absolute Gasteiger partial charge is 0.386 e. The second-order valence-corrected chi connectivity index (χ2v) is 3.34. The molecule has 1 heteroatoms. The van der Waals surface area contributed by atoms with E-state index in [4.69, 9.17) is 1.37 Å². The molecule has 0 radical (unpaired) electrons. The first-order valence-electron chi connectivity index (χ1n) is 4.47. The van der Waals surface area contributed by atoms with Crippen LogP contribution in [-0.2, 0) is 0 Å². The van der Waals surface area contributed by atoms with E-state index in [0.717, 1.165) is 13.0 Å². The zero-order valence-electron chi connectivity index (χ0n) is 8.59. The summed E-state index contributed by atoms with van der Waals surface area (Å²) in [5.41, 5.74) is 0.439. The van der Waals surface area contributed by atoms with Crippen molar-refractivity contribution >= 4 is 0 Å². The number of hydrogen-bond acceptors (Lipinski definition) is 1. The lowest BCUT2D eigenvalue weighted by Gasteiger charge is -2.16. The van der Waals surface area contributed by atoms with Gasteiger partial charge in [0, 0.05) is 0 Å². The lowest BCUT2D eigenvalue weighted by molar-refractivity contribution is 0.103. The maximum Gasteiger partial charge on any atom is 0.0800 e. The molecule has 0 aromatic rings. The molecule has 1 atom stereocenters. The van der Waals surface area contributed by atoms with Crippen LogP contribution >= 0.6 is 0 Å². The average molecular weight is 155 g/mol. The Morgan fingerprint density at radius 3 is 2.82 bits per heavy atom.